The molecule has 0 atom stereocenters. The molecule has 1 aliphatic heterocycles. The van der Waals surface area contributed by atoms with E-state index in [1.54, 1.807) is 24.3 Å². The monoisotopic (exact) mass is 330 g/mol. The highest BCUT2D eigenvalue weighted by atomic mass is 16.5. The predicted molar refractivity (Wildman–Crippen MR) is 90.4 cm³/mol. The van der Waals surface area contributed by atoms with Crippen LogP contribution in [0.15, 0.2) is 29.8 Å². The van der Waals surface area contributed by atoms with Crippen molar-refractivity contribution in [3.63, 3.8) is 0 Å². The van der Waals surface area contributed by atoms with E-state index in [2.05, 4.69) is 6.92 Å². The van der Waals surface area contributed by atoms with Gasteiger partial charge in [0.2, 0.25) is 0 Å². The van der Waals surface area contributed by atoms with Gasteiger partial charge in [0, 0.05) is 14.1 Å². The first-order valence-corrected chi connectivity index (χ1v) is 8.00. The summed E-state index contributed by atoms with van der Waals surface area (Å²) in [5.74, 6) is -0.440. The van der Waals surface area contributed by atoms with Gasteiger partial charge in [0.05, 0.1) is 6.61 Å². The van der Waals surface area contributed by atoms with Crippen molar-refractivity contribution in [2.45, 2.75) is 26.2 Å². The lowest BCUT2D eigenvalue weighted by Gasteiger charge is -2.28. The summed E-state index contributed by atoms with van der Waals surface area (Å²) in [5, 5.41) is 0. The van der Waals surface area contributed by atoms with Crippen molar-refractivity contribution in [2.24, 2.45) is 0 Å². The van der Waals surface area contributed by atoms with Gasteiger partial charge >= 0.3 is 6.03 Å². The molecule has 0 spiro atoms. The molecule has 2 rings (SSSR count). The van der Waals surface area contributed by atoms with Crippen LogP contribution in [0.3, 0.4) is 0 Å². The molecular formula is C18H22N2O4. The minimum absolute atomic E-state index is 0.0313. The number of amides is 4. The molecule has 0 aliphatic carbocycles. The Labute approximate surface area is 141 Å². The molecule has 1 aromatic rings. The maximum Gasteiger partial charge on any atom is 0.333 e. The van der Waals surface area contributed by atoms with E-state index in [4.69, 9.17) is 4.74 Å². The number of carbonyl (C=O) groups excluding carboxylic acids is 3. The van der Waals surface area contributed by atoms with Crippen LogP contribution in [0, 0.1) is 0 Å². The van der Waals surface area contributed by atoms with E-state index in [-0.39, 0.29) is 5.57 Å². The average Bonchev–Trinajstić information content (AvgIpc) is 2.60. The van der Waals surface area contributed by atoms with E-state index in [1.807, 2.05) is 0 Å². The smallest absolute Gasteiger partial charge is 0.333 e. The summed E-state index contributed by atoms with van der Waals surface area (Å²) in [6.07, 6.45) is 4.78. The number of hydrogen-bond donors (Lipinski definition) is 0. The molecule has 0 radical (unpaired) electrons. The zero-order valence-corrected chi connectivity index (χ0v) is 14.2. The summed E-state index contributed by atoms with van der Waals surface area (Å²) in [6.45, 7) is 2.81. The van der Waals surface area contributed by atoms with Crippen LogP contribution in [-0.2, 0) is 9.59 Å². The van der Waals surface area contributed by atoms with Crippen LogP contribution in [0.25, 0.3) is 6.08 Å². The van der Waals surface area contributed by atoms with E-state index in [1.165, 1.54) is 20.2 Å². The lowest BCUT2D eigenvalue weighted by Crippen LogP contribution is -2.52. The zero-order valence-electron chi connectivity index (χ0n) is 14.2. The number of ether oxygens (including phenoxy) is 1. The number of barbiturate groups is 1. The Morgan fingerprint density at radius 3 is 2.08 bits per heavy atom. The third kappa shape index (κ3) is 3.82. The molecule has 128 valence electrons. The molecule has 0 bridgehead atoms. The van der Waals surface area contributed by atoms with Crippen LogP contribution in [0.4, 0.5) is 4.79 Å². The normalized spacial score (nSPS) is 15.1. The van der Waals surface area contributed by atoms with E-state index in [0.29, 0.717) is 12.2 Å². The fourth-order valence-corrected chi connectivity index (χ4v) is 2.34. The van der Waals surface area contributed by atoms with Crippen molar-refractivity contribution < 1.29 is 19.1 Å². The van der Waals surface area contributed by atoms with E-state index < -0.39 is 17.8 Å². The molecule has 24 heavy (non-hydrogen) atoms. The largest absolute Gasteiger partial charge is 0.494 e. The third-order valence-electron chi connectivity index (χ3n) is 3.85. The SMILES string of the molecule is CCCCCOc1ccc(C=C2C(=O)N(C)C(=O)N(C)C2=O)cc1. The molecule has 0 saturated carbocycles. The third-order valence-corrected chi connectivity index (χ3v) is 3.85. The second-order valence-corrected chi connectivity index (χ2v) is 5.69. The van der Waals surface area contributed by atoms with E-state index in [0.717, 1.165) is 34.8 Å². The molecule has 1 fully saturated rings. The minimum Gasteiger partial charge on any atom is -0.494 e. The first-order valence-electron chi connectivity index (χ1n) is 8.00. The first-order chi connectivity index (χ1) is 11.5. The van der Waals surface area contributed by atoms with Crippen molar-refractivity contribution in [1.82, 2.24) is 9.80 Å². The minimum atomic E-state index is -0.627. The fraction of sp³-hybridized carbons (Fsp3) is 0.389. The topological polar surface area (TPSA) is 66.9 Å². The zero-order chi connectivity index (χ0) is 17.7. The number of nitrogens with zero attached hydrogens (tertiary/aromatic N) is 2. The highest BCUT2D eigenvalue weighted by Crippen LogP contribution is 2.19. The number of urea groups is 1. The lowest BCUT2D eigenvalue weighted by molar-refractivity contribution is -0.134. The summed E-state index contributed by atoms with van der Waals surface area (Å²) in [4.78, 5) is 37.8. The Bertz CT molecular complexity index is 638. The Kier molecular flexibility index (Phi) is 5.73. The van der Waals surface area contributed by atoms with E-state index >= 15 is 0 Å². The summed E-state index contributed by atoms with van der Waals surface area (Å²) in [7, 11) is 2.71. The number of imide groups is 2. The fourth-order valence-electron chi connectivity index (χ4n) is 2.34. The molecule has 0 N–H and O–H groups in total. The van der Waals surface area contributed by atoms with Crippen LogP contribution < -0.4 is 4.74 Å². The number of unbranched alkanes of at least 4 members (excludes halogenated alkanes) is 2. The van der Waals surface area contributed by atoms with Gasteiger partial charge in [-0.1, -0.05) is 31.9 Å². The van der Waals surface area contributed by atoms with Gasteiger partial charge in [-0.3, -0.25) is 19.4 Å². The predicted octanol–water partition coefficient (Wildman–Crippen LogP) is 2.69. The van der Waals surface area contributed by atoms with Gasteiger partial charge < -0.3 is 4.74 Å². The molecule has 4 amide bonds. The van der Waals surface area contributed by atoms with E-state index in [9.17, 15) is 14.4 Å². The van der Waals surface area contributed by atoms with Crippen LogP contribution >= 0.6 is 0 Å². The maximum absolute atomic E-state index is 12.1. The standard InChI is InChI=1S/C18H22N2O4/c1-4-5-6-11-24-14-9-7-13(8-10-14)12-15-16(21)19(2)18(23)20(3)17(15)22/h7-10,12H,4-6,11H2,1-3H3. The number of benzene rings is 1. The van der Waals surface area contributed by atoms with Crippen molar-refractivity contribution >= 4 is 23.9 Å². The van der Waals surface area contributed by atoms with Crippen molar-refractivity contribution in [2.75, 3.05) is 20.7 Å². The van der Waals surface area contributed by atoms with Gasteiger partial charge in [-0.2, -0.15) is 0 Å². The molecule has 1 saturated heterocycles. The Balaban J connectivity index is 2.11. The Morgan fingerprint density at radius 2 is 1.54 bits per heavy atom. The highest BCUT2D eigenvalue weighted by molar-refractivity contribution is 6.30. The molecule has 1 aromatic carbocycles. The second kappa shape index (κ2) is 7.77. The second-order valence-electron chi connectivity index (χ2n) is 5.69. The van der Waals surface area contributed by atoms with Gasteiger partial charge in [0.15, 0.2) is 0 Å². The molecule has 0 aromatic heterocycles. The van der Waals surface area contributed by atoms with Gasteiger partial charge in [0.1, 0.15) is 11.3 Å². The number of carbonyl (C=O) groups is 3. The van der Waals surface area contributed by atoms with Crippen molar-refractivity contribution in [3.05, 3.63) is 35.4 Å². The first kappa shape index (κ1) is 17.7. The number of likely N-dealkylation sites (N-methyl/N-ethyl adjacent to an activating group) is 2. The van der Waals surface area contributed by atoms with Crippen LogP contribution in [-0.4, -0.2) is 48.3 Å². The molecular weight excluding hydrogens is 308 g/mol. The Morgan fingerprint density at radius 1 is 0.958 bits per heavy atom. The highest BCUT2D eigenvalue weighted by Gasteiger charge is 2.37. The van der Waals surface area contributed by atoms with Crippen LogP contribution in [0.1, 0.15) is 31.7 Å². The summed E-state index contributed by atoms with van der Waals surface area (Å²) in [6, 6.07) is 6.53. The molecule has 0 unspecified atom stereocenters. The lowest BCUT2D eigenvalue weighted by atomic mass is 10.1. The summed E-state index contributed by atoms with van der Waals surface area (Å²) >= 11 is 0. The Hall–Kier alpha value is -2.63. The summed E-state index contributed by atoms with van der Waals surface area (Å²) in [5.41, 5.74) is 0.667. The number of rotatable bonds is 6. The van der Waals surface area contributed by atoms with Gasteiger partial charge in [-0.05, 0) is 30.2 Å². The molecule has 6 heteroatoms. The van der Waals surface area contributed by atoms with Crippen molar-refractivity contribution in [1.29, 1.82) is 0 Å². The molecule has 6 nitrogen and oxygen atoms in total. The average molecular weight is 330 g/mol. The molecule has 1 aliphatic rings. The molecule has 1 heterocycles. The maximum atomic E-state index is 12.1. The van der Waals surface area contributed by atoms with Crippen LogP contribution in [0.2, 0.25) is 0 Å². The van der Waals surface area contributed by atoms with Gasteiger partial charge in [-0.25, -0.2) is 4.79 Å². The van der Waals surface area contributed by atoms with Gasteiger partial charge in [0.25, 0.3) is 11.8 Å². The summed E-state index contributed by atoms with van der Waals surface area (Å²) < 4.78 is 5.63. The number of hydrogen-bond acceptors (Lipinski definition) is 4. The quantitative estimate of drug-likeness (QED) is 0.457. The van der Waals surface area contributed by atoms with Crippen LogP contribution in [0.5, 0.6) is 5.75 Å². The van der Waals surface area contributed by atoms with Gasteiger partial charge in [-0.15, -0.1) is 0 Å². The van der Waals surface area contributed by atoms with Crippen molar-refractivity contribution in [3.8, 4) is 5.75 Å².